The van der Waals surface area contributed by atoms with Gasteiger partial charge in [0.05, 0.1) is 24.4 Å². The SMILES string of the molecule is CC(C)C(NC(=O)c1cccc(Cl)c1)C(=O)NN=Cc1cc([N+](=O)[O-])ccc1N1CCOCC1. The zero-order chi connectivity index (χ0) is 24.7. The summed E-state index contributed by atoms with van der Waals surface area (Å²) >= 11 is 5.95. The molecule has 1 saturated heterocycles. The van der Waals surface area contributed by atoms with Crippen LogP contribution in [0, 0.1) is 16.0 Å². The number of hydrazone groups is 1. The van der Waals surface area contributed by atoms with Crippen molar-refractivity contribution >= 4 is 41.0 Å². The quantitative estimate of drug-likeness (QED) is 0.335. The van der Waals surface area contributed by atoms with E-state index in [1.165, 1.54) is 24.4 Å². The minimum Gasteiger partial charge on any atom is -0.378 e. The number of anilines is 1. The second kappa shape index (κ2) is 11.6. The molecule has 2 aromatic carbocycles. The van der Waals surface area contributed by atoms with E-state index >= 15 is 0 Å². The highest BCUT2D eigenvalue weighted by atomic mass is 35.5. The van der Waals surface area contributed by atoms with Gasteiger partial charge in [-0.25, -0.2) is 5.43 Å². The molecule has 0 spiro atoms. The Morgan fingerprint density at radius 2 is 1.94 bits per heavy atom. The summed E-state index contributed by atoms with van der Waals surface area (Å²) in [5.41, 5.74) is 3.92. The molecule has 2 N–H and O–H groups in total. The van der Waals surface area contributed by atoms with Crippen LogP contribution in [0.15, 0.2) is 47.6 Å². The van der Waals surface area contributed by atoms with Gasteiger partial charge in [0.1, 0.15) is 6.04 Å². The predicted octanol–water partition coefficient (Wildman–Crippen LogP) is 2.99. The van der Waals surface area contributed by atoms with E-state index in [-0.39, 0.29) is 11.6 Å². The fraction of sp³-hybridized carbons (Fsp3) is 0.348. The Labute approximate surface area is 202 Å². The van der Waals surface area contributed by atoms with E-state index in [2.05, 4.69) is 15.8 Å². The van der Waals surface area contributed by atoms with Crippen LogP contribution in [0.25, 0.3) is 0 Å². The van der Waals surface area contributed by atoms with Gasteiger partial charge in [0, 0.05) is 47.1 Å². The van der Waals surface area contributed by atoms with Gasteiger partial charge in [0.25, 0.3) is 17.5 Å². The minimum absolute atomic E-state index is 0.0846. The smallest absolute Gasteiger partial charge is 0.270 e. The van der Waals surface area contributed by atoms with Gasteiger partial charge in [0.15, 0.2) is 0 Å². The fourth-order valence-corrected chi connectivity index (χ4v) is 3.67. The van der Waals surface area contributed by atoms with Crippen molar-refractivity contribution in [1.29, 1.82) is 0 Å². The molecule has 1 heterocycles. The average molecular weight is 488 g/mol. The lowest BCUT2D eigenvalue weighted by Crippen LogP contribution is -2.48. The van der Waals surface area contributed by atoms with Gasteiger partial charge in [-0.1, -0.05) is 31.5 Å². The molecule has 0 saturated carbocycles. The first kappa shape index (κ1) is 25.1. The summed E-state index contributed by atoms with van der Waals surface area (Å²) in [5, 5.41) is 18.4. The molecular weight excluding hydrogens is 462 g/mol. The largest absolute Gasteiger partial charge is 0.378 e. The van der Waals surface area contributed by atoms with Crippen molar-refractivity contribution in [2.75, 3.05) is 31.2 Å². The molecule has 0 bridgehead atoms. The number of nitrogens with zero attached hydrogens (tertiary/aromatic N) is 3. The van der Waals surface area contributed by atoms with E-state index in [0.29, 0.717) is 42.5 Å². The van der Waals surface area contributed by atoms with Crippen molar-refractivity contribution in [2.45, 2.75) is 19.9 Å². The Kier molecular flexibility index (Phi) is 8.55. The second-order valence-corrected chi connectivity index (χ2v) is 8.48. The molecule has 1 aliphatic rings. The Balaban J connectivity index is 1.74. The monoisotopic (exact) mass is 487 g/mol. The highest BCUT2D eigenvalue weighted by Gasteiger charge is 2.25. The number of morpholine rings is 1. The van der Waals surface area contributed by atoms with Crippen molar-refractivity contribution in [1.82, 2.24) is 10.7 Å². The Hall–Kier alpha value is -3.50. The van der Waals surface area contributed by atoms with Gasteiger partial charge in [-0.15, -0.1) is 0 Å². The molecule has 2 aromatic rings. The number of halogens is 1. The van der Waals surface area contributed by atoms with Crippen LogP contribution in [0.2, 0.25) is 5.02 Å². The molecular formula is C23H26ClN5O5. The van der Waals surface area contributed by atoms with Crippen LogP contribution in [-0.2, 0) is 9.53 Å². The highest BCUT2D eigenvalue weighted by Crippen LogP contribution is 2.25. The van der Waals surface area contributed by atoms with Crippen LogP contribution in [0.5, 0.6) is 0 Å². The minimum atomic E-state index is -0.854. The van der Waals surface area contributed by atoms with Gasteiger partial charge in [-0.2, -0.15) is 5.10 Å². The van der Waals surface area contributed by atoms with Gasteiger partial charge < -0.3 is 15.0 Å². The van der Waals surface area contributed by atoms with Crippen LogP contribution in [0.4, 0.5) is 11.4 Å². The van der Waals surface area contributed by atoms with E-state index < -0.39 is 22.8 Å². The lowest BCUT2D eigenvalue weighted by atomic mass is 10.0. The number of carbonyl (C=O) groups is 2. The van der Waals surface area contributed by atoms with Gasteiger partial charge in [-0.05, 0) is 30.2 Å². The summed E-state index contributed by atoms with van der Waals surface area (Å²) in [6, 6.07) is 10.1. The van der Waals surface area contributed by atoms with E-state index in [1.54, 1.807) is 38.1 Å². The third-order valence-corrected chi connectivity index (χ3v) is 5.51. The van der Waals surface area contributed by atoms with E-state index in [1.807, 2.05) is 4.90 Å². The standard InChI is InChI=1S/C23H26ClN5O5/c1-15(2)21(26-22(30)16-4-3-5-18(24)12-16)23(31)27-25-14-17-13-19(29(32)33)6-7-20(17)28-8-10-34-11-9-28/h3-7,12-15,21H,8-11H2,1-2H3,(H,26,30)(H,27,31). The summed E-state index contributed by atoms with van der Waals surface area (Å²) in [4.78, 5) is 38.1. The molecule has 1 fully saturated rings. The van der Waals surface area contributed by atoms with Crippen LogP contribution >= 0.6 is 11.6 Å². The number of carbonyl (C=O) groups excluding carboxylic acids is 2. The van der Waals surface area contributed by atoms with E-state index in [4.69, 9.17) is 16.3 Å². The van der Waals surface area contributed by atoms with Crippen molar-refractivity contribution in [3.63, 3.8) is 0 Å². The number of nitro groups is 1. The van der Waals surface area contributed by atoms with E-state index in [9.17, 15) is 19.7 Å². The zero-order valence-electron chi connectivity index (χ0n) is 18.9. The van der Waals surface area contributed by atoms with Crippen LogP contribution in [0.3, 0.4) is 0 Å². The molecule has 34 heavy (non-hydrogen) atoms. The Morgan fingerprint density at radius 1 is 1.21 bits per heavy atom. The number of hydrogen-bond donors (Lipinski definition) is 2. The predicted molar refractivity (Wildman–Crippen MR) is 129 cm³/mol. The third-order valence-electron chi connectivity index (χ3n) is 5.27. The van der Waals surface area contributed by atoms with Crippen molar-refractivity contribution < 1.29 is 19.2 Å². The van der Waals surface area contributed by atoms with Gasteiger partial charge in [0.2, 0.25) is 0 Å². The first-order chi connectivity index (χ1) is 16.3. The number of nitro benzene ring substituents is 1. The zero-order valence-corrected chi connectivity index (χ0v) is 19.6. The van der Waals surface area contributed by atoms with Crippen molar-refractivity contribution in [3.05, 3.63) is 68.7 Å². The lowest BCUT2D eigenvalue weighted by molar-refractivity contribution is -0.384. The molecule has 1 unspecified atom stereocenters. The lowest BCUT2D eigenvalue weighted by Gasteiger charge is -2.29. The number of ether oxygens (including phenoxy) is 1. The number of nitrogens with one attached hydrogen (secondary N) is 2. The maximum absolute atomic E-state index is 12.8. The number of amides is 2. The Bertz CT molecular complexity index is 1090. The van der Waals surface area contributed by atoms with Crippen LogP contribution < -0.4 is 15.6 Å². The summed E-state index contributed by atoms with van der Waals surface area (Å²) in [7, 11) is 0. The summed E-state index contributed by atoms with van der Waals surface area (Å²) < 4.78 is 5.37. The first-order valence-electron chi connectivity index (χ1n) is 10.8. The van der Waals surface area contributed by atoms with Crippen LogP contribution in [0.1, 0.15) is 29.8 Å². The molecule has 1 aliphatic heterocycles. The number of benzene rings is 2. The highest BCUT2D eigenvalue weighted by molar-refractivity contribution is 6.31. The van der Waals surface area contributed by atoms with Crippen LogP contribution in [-0.4, -0.2) is 55.3 Å². The van der Waals surface area contributed by atoms with Crippen molar-refractivity contribution in [3.8, 4) is 0 Å². The number of rotatable bonds is 8. The molecule has 2 amide bonds. The molecule has 11 heteroatoms. The molecule has 10 nitrogen and oxygen atoms in total. The van der Waals surface area contributed by atoms with Gasteiger partial charge in [-0.3, -0.25) is 19.7 Å². The first-order valence-corrected chi connectivity index (χ1v) is 11.1. The molecule has 0 radical (unpaired) electrons. The van der Waals surface area contributed by atoms with Gasteiger partial charge >= 0.3 is 0 Å². The van der Waals surface area contributed by atoms with E-state index in [0.717, 1.165) is 5.69 Å². The normalized spacial score (nSPS) is 14.8. The summed E-state index contributed by atoms with van der Waals surface area (Å²) in [5.74, 6) is -1.17. The maximum atomic E-state index is 12.8. The second-order valence-electron chi connectivity index (χ2n) is 8.04. The molecule has 180 valence electrons. The molecule has 0 aliphatic carbocycles. The molecule has 1 atom stereocenters. The Morgan fingerprint density at radius 3 is 2.59 bits per heavy atom. The summed E-state index contributed by atoms with van der Waals surface area (Å²) in [6.45, 7) is 5.96. The fourth-order valence-electron chi connectivity index (χ4n) is 3.48. The topological polar surface area (TPSA) is 126 Å². The molecule has 0 aromatic heterocycles. The maximum Gasteiger partial charge on any atom is 0.270 e. The number of non-ortho nitro benzene ring substituents is 1. The molecule has 3 rings (SSSR count). The number of hydrogen-bond acceptors (Lipinski definition) is 7. The summed E-state index contributed by atoms with van der Waals surface area (Å²) in [6.07, 6.45) is 1.37. The average Bonchev–Trinajstić information content (AvgIpc) is 2.82. The third kappa shape index (κ3) is 6.52. The van der Waals surface area contributed by atoms with Crippen molar-refractivity contribution in [2.24, 2.45) is 11.0 Å².